The molecule has 3 aromatic carbocycles. The van der Waals surface area contributed by atoms with Gasteiger partial charge in [-0.2, -0.15) is 0 Å². The predicted octanol–water partition coefficient (Wildman–Crippen LogP) is 4.24. The number of anilines is 2. The lowest BCUT2D eigenvalue weighted by molar-refractivity contribution is -0.114. The molecule has 0 unspecified atom stereocenters. The zero-order chi connectivity index (χ0) is 20.4. The van der Waals surface area contributed by atoms with Gasteiger partial charge in [-0.25, -0.2) is 0 Å². The number of rotatable bonds is 7. The Bertz CT molecular complexity index is 1090. The van der Waals surface area contributed by atoms with Gasteiger partial charge in [0.1, 0.15) is 6.54 Å². The van der Waals surface area contributed by atoms with Gasteiger partial charge >= 0.3 is 0 Å². The van der Waals surface area contributed by atoms with Gasteiger partial charge in [-0.05, 0) is 43.5 Å². The molecule has 6 nitrogen and oxygen atoms in total. The van der Waals surface area contributed by atoms with E-state index < -0.39 is 0 Å². The molecule has 0 fully saturated rings. The number of carbonyl (C=O) groups is 2. The highest BCUT2D eigenvalue weighted by atomic mass is 16.5. The normalized spacial score (nSPS) is 12.3. The van der Waals surface area contributed by atoms with Crippen molar-refractivity contribution in [1.82, 2.24) is 0 Å². The van der Waals surface area contributed by atoms with E-state index in [0.717, 1.165) is 16.5 Å². The van der Waals surface area contributed by atoms with Gasteiger partial charge in [-0.3, -0.25) is 14.5 Å². The Hall–Kier alpha value is -3.54. The summed E-state index contributed by atoms with van der Waals surface area (Å²) in [7, 11) is 0. The fourth-order valence-corrected chi connectivity index (χ4v) is 3.61. The Morgan fingerprint density at radius 2 is 1.69 bits per heavy atom. The maximum absolute atomic E-state index is 12.8. The first-order valence-electron chi connectivity index (χ1n) is 9.65. The van der Waals surface area contributed by atoms with Crippen molar-refractivity contribution in [3.05, 3.63) is 60.2 Å². The van der Waals surface area contributed by atoms with Crippen molar-refractivity contribution in [3.63, 3.8) is 0 Å². The van der Waals surface area contributed by atoms with E-state index in [1.807, 2.05) is 44.2 Å². The van der Waals surface area contributed by atoms with Gasteiger partial charge in [0.15, 0.2) is 11.5 Å². The second kappa shape index (κ2) is 7.83. The monoisotopic (exact) mass is 390 g/mol. The first-order chi connectivity index (χ1) is 14.1. The Balaban J connectivity index is 1.53. The molecule has 0 aromatic heterocycles. The third-order valence-corrected chi connectivity index (χ3v) is 4.78. The van der Waals surface area contributed by atoms with E-state index in [-0.39, 0.29) is 18.4 Å². The Morgan fingerprint density at radius 3 is 2.45 bits per heavy atom. The highest BCUT2D eigenvalue weighted by Gasteiger charge is 2.30. The molecule has 2 amide bonds. The van der Waals surface area contributed by atoms with Crippen molar-refractivity contribution in [1.29, 1.82) is 0 Å². The molecule has 1 heterocycles. The number of amides is 2. The molecular formula is C23H22N2O4. The van der Waals surface area contributed by atoms with E-state index in [1.54, 1.807) is 24.3 Å². The minimum absolute atomic E-state index is 0.0657. The van der Waals surface area contributed by atoms with E-state index in [0.29, 0.717) is 36.0 Å². The van der Waals surface area contributed by atoms with Crippen LogP contribution in [0.3, 0.4) is 0 Å². The summed E-state index contributed by atoms with van der Waals surface area (Å²) in [6, 6.07) is 16.6. The fourth-order valence-electron chi connectivity index (χ4n) is 3.61. The molecule has 1 N–H and O–H groups in total. The van der Waals surface area contributed by atoms with E-state index in [4.69, 9.17) is 9.47 Å². The van der Waals surface area contributed by atoms with Crippen LogP contribution in [0.5, 0.6) is 11.5 Å². The quantitative estimate of drug-likeness (QED) is 0.655. The summed E-state index contributed by atoms with van der Waals surface area (Å²) in [5.41, 5.74) is 1.98. The third kappa shape index (κ3) is 3.49. The van der Waals surface area contributed by atoms with Gasteiger partial charge in [0.25, 0.3) is 5.91 Å². The molecule has 0 saturated heterocycles. The first kappa shape index (κ1) is 18.8. The van der Waals surface area contributed by atoms with E-state index in [1.165, 1.54) is 4.90 Å². The molecule has 0 spiro atoms. The van der Waals surface area contributed by atoms with Crippen LogP contribution < -0.4 is 19.7 Å². The number of ether oxygens (including phenoxy) is 2. The minimum atomic E-state index is -0.283. The van der Waals surface area contributed by atoms with E-state index >= 15 is 0 Å². The second-order valence-corrected chi connectivity index (χ2v) is 6.65. The number of benzene rings is 3. The van der Waals surface area contributed by atoms with Crippen molar-refractivity contribution in [2.75, 3.05) is 30.0 Å². The van der Waals surface area contributed by atoms with Crippen molar-refractivity contribution in [2.45, 2.75) is 13.8 Å². The maximum Gasteiger partial charge on any atom is 0.259 e. The SMILES string of the molecule is CCOc1ccc(NC(=O)CN2C(=O)c3cccc4cccc2c34)cc1OCC. The second-order valence-electron chi connectivity index (χ2n) is 6.65. The van der Waals surface area contributed by atoms with Crippen LogP contribution in [0.4, 0.5) is 11.4 Å². The Labute approximate surface area is 169 Å². The van der Waals surface area contributed by atoms with Crippen molar-refractivity contribution >= 4 is 34.0 Å². The number of carbonyl (C=O) groups excluding carboxylic acids is 2. The molecule has 29 heavy (non-hydrogen) atoms. The van der Waals surface area contributed by atoms with Crippen molar-refractivity contribution in [3.8, 4) is 11.5 Å². The largest absolute Gasteiger partial charge is 0.490 e. The van der Waals surface area contributed by atoms with Crippen LogP contribution in [-0.2, 0) is 4.79 Å². The molecule has 148 valence electrons. The third-order valence-electron chi connectivity index (χ3n) is 4.78. The Morgan fingerprint density at radius 1 is 0.966 bits per heavy atom. The van der Waals surface area contributed by atoms with Crippen LogP contribution >= 0.6 is 0 Å². The highest BCUT2D eigenvalue weighted by Crippen LogP contribution is 2.37. The van der Waals surface area contributed by atoms with Crippen LogP contribution in [0, 0.1) is 0 Å². The fraction of sp³-hybridized carbons (Fsp3) is 0.217. The van der Waals surface area contributed by atoms with Crippen LogP contribution in [0.15, 0.2) is 54.6 Å². The summed E-state index contributed by atoms with van der Waals surface area (Å²) < 4.78 is 11.2. The van der Waals surface area contributed by atoms with Crippen LogP contribution in [0.1, 0.15) is 24.2 Å². The Kier molecular flexibility index (Phi) is 5.08. The minimum Gasteiger partial charge on any atom is -0.490 e. The predicted molar refractivity (Wildman–Crippen MR) is 113 cm³/mol. The highest BCUT2D eigenvalue weighted by molar-refractivity contribution is 6.26. The molecule has 3 aromatic rings. The average molecular weight is 390 g/mol. The smallest absolute Gasteiger partial charge is 0.259 e. The van der Waals surface area contributed by atoms with Gasteiger partial charge in [-0.1, -0.05) is 24.3 Å². The molecule has 4 rings (SSSR count). The van der Waals surface area contributed by atoms with Crippen LogP contribution in [0.2, 0.25) is 0 Å². The summed E-state index contributed by atoms with van der Waals surface area (Å²) in [6.45, 7) is 4.73. The van der Waals surface area contributed by atoms with Crippen molar-refractivity contribution in [2.24, 2.45) is 0 Å². The molecule has 0 radical (unpaired) electrons. The molecule has 6 heteroatoms. The molecule has 0 saturated carbocycles. The molecule has 1 aliphatic rings. The lowest BCUT2D eigenvalue weighted by atomic mass is 10.1. The lowest BCUT2D eigenvalue weighted by Crippen LogP contribution is -2.35. The topological polar surface area (TPSA) is 67.9 Å². The number of nitrogens with one attached hydrogen (secondary N) is 1. The number of hydrogen-bond donors (Lipinski definition) is 1. The van der Waals surface area contributed by atoms with Gasteiger partial charge in [0.05, 0.1) is 18.9 Å². The maximum atomic E-state index is 12.8. The van der Waals surface area contributed by atoms with Crippen LogP contribution in [0.25, 0.3) is 10.8 Å². The lowest BCUT2D eigenvalue weighted by Gasteiger charge is -2.18. The number of nitrogens with zero attached hydrogens (tertiary/aromatic N) is 1. The molecule has 0 bridgehead atoms. The summed E-state index contributed by atoms with van der Waals surface area (Å²) in [5.74, 6) is 0.759. The molecule has 0 aliphatic carbocycles. The standard InChI is InChI=1S/C23H22N2O4/c1-3-28-19-12-11-16(13-20(19)29-4-2)24-21(26)14-25-18-10-6-8-15-7-5-9-17(22(15)18)23(25)27/h5-13H,3-4,14H2,1-2H3,(H,24,26). The zero-order valence-electron chi connectivity index (χ0n) is 16.4. The molecular weight excluding hydrogens is 368 g/mol. The summed E-state index contributed by atoms with van der Waals surface area (Å²) in [6.07, 6.45) is 0. The number of hydrogen-bond acceptors (Lipinski definition) is 4. The van der Waals surface area contributed by atoms with Crippen molar-refractivity contribution < 1.29 is 19.1 Å². The van der Waals surface area contributed by atoms with E-state index in [2.05, 4.69) is 5.32 Å². The molecule has 0 atom stereocenters. The van der Waals surface area contributed by atoms with E-state index in [9.17, 15) is 9.59 Å². The van der Waals surface area contributed by atoms with Gasteiger partial charge in [-0.15, -0.1) is 0 Å². The average Bonchev–Trinajstić information content (AvgIpc) is 2.98. The first-order valence-corrected chi connectivity index (χ1v) is 9.65. The summed E-state index contributed by atoms with van der Waals surface area (Å²) >= 11 is 0. The van der Waals surface area contributed by atoms with Gasteiger partial charge in [0.2, 0.25) is 5.91 Å². The zero-order valence-corrected chi connectivity index (χ0v) is 16.4. The van der Waals surface area contributed by atoms with Gasteiger partial charge < -0.3 is 14.8 Å². The summed E-state index contributed by atoms with van der Waals surface area (Å²) in [4.78, 5) is 27.0. The summed E-state index contributed by atoms with van der Waals surface area (Å²) in [5, 5.41) is 4.73. The van der Waals surface area contributed by atoms with Gasteiger partial charge in [0, 0.05) is 22.7 Å². The molecule has 1 aliphatic heterocycles. The van der Waals surface area contributed by atoms with Crippen LogP contribution in [-0.4, -0.2) is 31.6 Å².